The molecule has 3 N–H and O–H groups in total. The molecule has 22 heavy (non-hydrogen) atoms. The second kappa shape index (κ2) is 7.94. The van der Waals surface area contributed by atoms with Gasteiger partial charge < -0.3 is 16.0 Å². The Morgan fingerprint density at radius 1 is 1.32 bits per heavy atom. The molecule has 1 heterocycles. The minimum absolute atomic E-state index is 0.0326. The van der Waals surface area contributed by atoms with E-state index in [1.165, 1.54) is 0 Å². The van der Waals surface area contributed by atoms with Crippen molar-refractivity contribution in [1.82, 2.24) is 10.2 Å². The van der Waals surface area contributed by atoms with Crippen molar-refractivity contribution in [3.8, 4) is 0 Å². The number of carbonyl (C=O) groups excluding carboxylic acids is 2. The average molecular weight is 303 g/mol. The van der Waals surface area contributed by atoms with Crippen LogP contribution in [0.25, 0.3) is 0 Å². The molecule has 1 fully saturated rings. The molecule has 2 rings (SSSR count). The van der Waals surface area contributed by atoms with E-state index in [1.54, 1.807) is 11.9 Å². The smallest absolute Gasteiger partial charge is 0.225 e. The third kappa shape index (κ3) is 3.85. The summed E-state index contributed by atoms with van der Waals surface area (Å²) in [5, 5.41) is 2.99. The molecule has 0 spiro atoms. The molecule has 5 heteroatoms. The summed E-state index contributed by atoms with van der Waals surface area (Å²) in [7, 11) is 1.79. The van der Waals surface area contributed by atoms with Crippen molar-refractivity contribution in [3.05, 3.63) is 35.9 Å². The van der Waals surface area contributed by atoms with Crippen LogP contribution in [0.4, 0.5) is 0 Å². The van der Waals surface area contributed by atoms with Crippen molar-refractivity contribution in [2.45, 2.75) is 31.7 Å². The first kappa shape index (κ1) is 16.5. The molecule has 2 atom stereocenters. The Bertz CT molecular complexity index is 504. The Labute approximate surface area is 131 Å². The highest BCUT2D eigenvalue weighted by Gasteiger charge is 2.38. The second-order valence-corrected chi connectivity index (χ2v) is 5.79. The van der Waals surface area contributed by atoms with E-state index >= 15 is 0 Å². The van der Waals surface area contributed by atoms with Crippen molar-refractivity contribution >= 4 is 11.8 Å². The molecule has 1 aliphatic heterocycles. The Balaban J connectivity index is 2.10. The summed E-state index contributed by atoms with van der Waals surface area (Å²) in [5.41, 5.74) is 6.48. The summed E-state index contributed by atoms with van der Waals surface area (Å²) in [6.07, 6.45) is 2.83. The van der Waals surface area contributed by atoms with E-state index in [-0.39, 0.29) is 23.8 Å². The molecule has 1 aliphatic rings. The molecule has 1 aromatic carbocycles. The van der Waals surface area contributed by atoms with Gasteiger partial charge in [0.15, 0.2) is 0 Å². The van der Waals surface area contributed by atoms with Crippen molar-refractivity contribution in [2.24, 2.45) is 11.7 Å². The maximum Gasteiger partial charge on any atom is 0.225 e. The van der Waals surface area contributed by atoms with Gasteiger partial charge in [0, 0.05) is 20.0 Å². The Kier molecular flexibility index (Phi) is 5.95. The lowest BCUT2D eigenvalue weighted by atomic mass is 9.84. The quantitative estimate of drug-likeness (QED) is 0.781. The fraction of sp³-hybridized carbons (Fsp3) is 0.529. The van der Waals surface area contributed by atoms with Crippen LogP contribution in [0.1, 0.15) is 37.3 Å². The maximum atomic E-state index is 12.5. The number of nitrogens with zero attached hydrogens (tertiary/aromatic N) is 1. The van der Waals surface area contributed by atoms with Crippen molar-refractivity contribution < 1.29 is 9.59 Å². The van der Waals surface area contributed by atoms with Gasteiger partial charge in [-0.25, -0.2) is 0 Å². The van der Waals surface area contributed by atoms with Crippen LogP contribution in [0, 0.1) is 5.92 Å². The van der Waals surface area contributed by atoms with Crippen LogP contribution in [-0.4, -0.2) is 36.9 Å². The zero-order valence-electron chi connectivity index (χ0n) is 13.1. The predicted molar refractivity (Wildman–Crippen MR) is 86.0 cm³/mol. The fourth-order valence-electron chi connectivity index (χ4n) is 3.03. The third-order valence-corrected chi connectivity index (χ3v) is 4.27. The standard InChI is InChI=1S/C17H25N3O2/c1-20-15(21)10-9-14(17(22)19-12-6-5-11-18)16(20)13-7-3-2-4-8-13/h2-4,7-8,14,16H,5-6,9-12,18H2,1H3,(H,19,22). The SMILES string of the molecule is CN1C(=O)CCC(C(=O)NCCCCN)C1c1ccccc1. The van der Waals surface area contributed by atoms with Gasteiger partial charge in [-0.2, -0.15) is 0 Å². The topological polar surface area (TPSA) is 75.4 Å². The molecule has 5 nitrogen and oxygen atoms in total. The number of carbonyl (C=O) groups is 2. The Hall–Kier alpha value is -1.88. The summed E-state index contributed by atoms with van der Waals surface area (Å²) < 4.78 is 0. The second-order valence-electron chi connectivity index (χ2n) is 5.79. The molecule has 120 valence electrons. The lowest BCUT2D eigenvalue weighted by Crippen LogP contribution is -2.46. The van der Waals surface area contributed by atoms with Gasteiger partial charge in [0.05, 0.1) is 12.0 Å². The maximum absolute atomic E-state index is 12.5. The summed E-state index contributed by atoms with van der Waals surface area (Å²) >= 11 is 0. The van der Waals surface area contributed by atoms with Gasteiger partial charge >= 0.3 is 0 Å². The first-order valence-electron chi connectivity index (χ1n) is 7.93. The van der Waals surface area contributed by atoms with Gasteiger partial charge in [0.1, 0.15) is 0 Å². The molecule has 0 aliphatic carbocycles. The Morgan fingerprint density at radius 3 is 2.73 bits per heavy atom. The number of hydrogen-bond donors (Lipinski definition) is 2. The molecule has 2 amide bonds. The molecule has 0 radical (unpaired) electrons. The van der Waals surface area contributed by atoms with Crippen molar-refractivity contribution in [1.29, 1.82) is 0 Å². The van der Waals surface area contributed by atoms with E-state index in [2.05, 4.69) is 5.32 Å². The van der Waals surface area contributed by atoms with E-state index in [0.717, 1.165) is 18.4 Å². The average Bonchev–Trinajstić information content (AvgIpc) is 2.54. The molecule has 0 aromatic heterocycles. The molecule has 1 saturated heterocycles. The van der Waals surface area contributed by atoms with Crippen LogP contribution in [0.3, 0.4) is 0 Å². The van der Waals surface area contributed by atoms with Gasteiger partial charge in [0.2, 0.25) is 11.8 Å². The first-order chi connectivity index (χ1) is 10.6. The number of hydrogen-bond acceptors (Lipinski definition) is 3. The summed E-state index contributed by atoms with van der Waals surface area (Å²) in [6, 6.07) is 9.60. The normalized spacial score (nSPS) is 21.7. The van der Waals surface area contributed by atoms with Crippen LogP contribution in [-0.2, 0) is 9.59 Å². The predicted octanol–water partition coefficient (Wildman–Crippen LogP) is 1.45. The van der Waals surface area contributed by atoms with Crippen LogP contribution in [0.15, 0.2) is 30.3 Å². The number of nitrogens with two attached hydrogens (primary N) is 1. The molecular weight excluding hydrogens is 278 g/mol. The van der Waals surface area contributed by atoms with Crippen molar-refractivity contribution in [2.75, 3.05) is 20.1 Å². The van der Waals surface area contributed by atoms with E-state index in [9.17, 15) is 9.59 Å². The minimum atomic E-state index is -0.192. The number of unbranched alkanes of at least 4 members (excludes halogenated alkanes) is 1. The molecule has 1 aromatic rings. The van der Waals surface area contributed by atoms with Crippen molar-refractivity contribution in [3.63, 3.8) is 0 Å². The lowest BCUT2D eigenvalue weighted by Gasteiger charge is -2.38. The summed E-state index contributed by atoms with van der Waals surface area (Å²) in [5.74, 6) is -0.0609. The van der Waals surface area contributed by atoms with Gasteiger partial charge in [-0.3, -0.25) is 9.59 Å². The van der Waals surface area contributed by atoms with E-state index < -0.39 is 0 Å². The molecule has 0 bridgehead atoms. The fourth-order valence-corrected chi connectivity index (χ4v) is 3.03. The highest BCUT2D eigenvalue weighted by Crippen LogP contribution is 2.35. The number of likely N-dealkylation sites (tertiary alicyclic amines) is 1. The number of amides is 2. The highest BCUT2D eigenvalue weighted by atomic mass is 16.2. The van der Waals surface area contributed by atoms with E-state index in [1.807, 2.05) is 30.3 Å². The van der Waals surface area contributed by atoms with E-state index in [0.29, 0.717) is 25.9 Å². The molecule has 2 unspecified atom stereocenters. The monoisotopic (exact) mass is 303 g/mol. The first-order valence-corrected chi connectivity index (χ1v) is 7.93. The molecule has 0 saturated carbocycles. The zero-order chi connectivity index (χ0) is 15.9. The number of nitrogens with one attached hydrogen (secondary N) is 1. The van der Waals surface area contributed by atoms with Gasteiger partial charge in [-0.15, -0.1) is 0 Å². The highest BCUT2D eigenvalue weighted by molar-refractivity contribution is 5.84. The van der Waals surface area contributed by atoms with Gasteiger partial charge in [-0.1, -0.05) is 30.3 Å². The van der Waals surface area contributed by atoms with Crippen LogP contribution in [0.2, 0.25) is 0 Å². The van der Waals surface area contributed by atoms with Crippen LogP contribution >= 0.6 is 0 Å². The van der Waals surface area contributed by atoms with Crippen LogP contribution < -0.4 is 11.1 Å². The summed E-state index contributed by atoms with van der Waals surface area (Å²) in [4.78, 5) is 26.3. The Morgan fingerprint density at radius 2 is 2.05 bits per heavy atom. The molecular formula is C17H25N3O2. The third-order valence-electron chi connectivity index (χ3n) is 4.27. The van der Waals surface area contributed by atoms with Gasteiger partial charge in [-0.05, 0) is 31.4 Å². The summed E-state index contributed by atoms with van der Waals surface area (Å²) in [6.45, 7) is 1.29. The number of benzene rings is 1. The van der Waals surface area contributed by atoms with Crippen LogP contribution in [0.5, 0.6) is 0 Å². The zero-order valence-corrected chi connectivity index (χ0v) is 13.1. The number of rotatable bonds is 6. The van der Waals surface area contributed by atoms with E-state index in [4.69, 9.17) is 5.73 Å². The minimum Gasteiger partial charge on any atom is -0.356 e. The largest absolute Gasteiger partial charge is 0.356 e. The number of piperidine rings is 1. The lowest BCUT2D eigenvalue weighted by molar-refractivity contribution is -0.141. The van der Waals surface area contributed by atoms with Gasteiger partial charge in [0.25, 0.3) is 0 Å².